The van der Waals surface area contributed by atoms with Gasteiger partial charge in [-0.25, -0.2) is 9.97 Å². The maximum Gasteiger partial charge on any atom is 0.416 e. The Morgan fingerprint density at radius 1 is 1.28 bits per heavy atom. The molecule has 0 spiro atoms. The van der Waals surface area contributed by atoms with Crippen LogP contribution in [-0.4, -0.2) is 64.7 Å². The van der Waals surface area contributed by atoms with E-state index in [-0.39, 0.29) is 43.1 Å². The van der Waals surface area contributed by atoms with Gasteiger partial charge in [-0.2, -0.15) is 17.6 Å². The lowest BCUT2D eigenvalue weighted by Gasteiger charge is -2.35. The molecule has 12 heteroatoms. The van der Waals surface area contributed by atoms with Gasteiger partial charge >= 0.3 is 6.18 Å². The van der Waals surface area contributed by atoms with Crippen LogP contribution in [0.1, 0.15) is 31.4 Å². The van der Waals surface area contributed by atoms with Gasteiger partial charge in [0.1, 0.15) is 6.33 Å². The number of nitrogens with zero attached hydrogens (tertiary/aromatic N) is 4. The number of aliphatic hydroxyl groups is 1. The van der Waals surface area contributed by atoms with E-state index in [1.165, 1.54) is 18.5 Å². The first-order chi connectivity index (χ1) is 16.9. The Morgan fingerprint density at radius 3 is 2.56 bits per heavy atom. The molecule has 2 aromatic rings. The Hall–Kier alpha value is -2.99. The van der Waals surface area contributed by atoms with Crippen LogP contribution in [-0.2, 0) is 17.5 Å². The van der Waals surface area contributed by atoms with Crippen LogP contribution >= 0.6 is 0 Å². The Kier molecular flexibility index (Phi) is 9.07. The zero-order valence-corrected chi connectivity index (χ0v) is 20.3. The molecule has 2 unspecified atom stereocenters. The fraction of sp³-hybridized carbons (Fsp3) is 0.542. The number of nitrogens with one attached hydrogen (secondary N) is 1. The largest absolute Gasteiger partial charge is 0.416 e. The van der Waals surface area contributed by atoms with Gasteiger partial charge in [-0.15, -0.1) is 0 Å². The fourth-order valence-corrected chi connectivity index (χ4v) is 4.27. The van der Waals surface area contributed by atoms with E-state index in [9.17, 15) is 23.1 Å². The highest BCUT2D eigenvalue weighted by Gasteiger charge is 2.31. The van der Waals surface area contributed by atoms with Gasteiger partial charge in [0.15, 0.2) is 11.6 Å². The van der Waals surface area contributed by atoms with E-state index in [2.05, 4.69) is 15.3 Å². The van der Waals surface area contributed by atoms with Crippen LogP contribution in [0.15, 0.2) is 30.6 Å². The molecule has 1 aromatic heterocycles. The molecular formula is C24H32F4N6O2. The number of nitrogens with two attached hydrogens (primary N) is 1. The molecule has 3 rings (SSSR count). The predicted octanol–water partition coefficient (Wildman–Crippen LogP) is 2.88. The van der Waals surface area contributed by atoms with Crippen LogP contribution in [0.4, 0.5) is 29.2 Å². The first-order valence-electron chi connectivity index (χ1n) is 11.8. The summed E-state index contributed by atoms with van der Waals surface area (Å²) >= 11 is 0. The minimum atomic E-state index is -4.43. The maximum absolute atomic E-state index is 15.5. The van der Waals surface area contributed by atoms with Crippen molar-refractivity contribution < 1.29 is 27.5 Å². The monoisotopic (exact) mass is 512 g/mol. The number of likely N-dealkylation sites (tertiary alicyclic amines) is 1. The number of rotatable bonds is 10. The summed E-state index contributed by atoms with van der Waals surface area (Å²) in [6.45, 7) is 5.70. The van der Waals surface area contributed by atoms with Crippen molar-refractivity contribution in [2.24, 2.45) is 17.6 Å². The number of piperidine rings is 1. The van der Waals surface area contributed by atoms with Gasteiger partial charge in [-0.3, -0.25) is 9.69 Å². The molecule has 0 aliphatic carbocycles. The number of carbonyl (C=O) groups excluding carboxylic acids is 1. The van der Waals surface area contributed by atoms with Crippen molar-refractivity contribution in [3.05, 3.63) is 47.5 Å². The van der Waals surface area contributed by atoms with Gasteiger partial charge in [-0.1, -0.05) is 26.0 Å². The molecule has 1 aromatic carbocycles. The van der Waals surface area contributed by atoms with E-state index in [0.29, 0.717) is 31.6 Å². The number of anilines is 2. The second-order valence-electron chi connectivity index (χ2n) is 9.53. The number of hydrogen-bond donors (Lipinski definition) is 3. The van der Waals surface area contributed by atoms with Crippen molar-refractivity contribution >= 4 is 17.5 Å². The van der Waals surface area contributed by atoms with Gasteiger partial charge < -0.3 is 21.1 Å². The van der Waals surface area contributed by atoms with Crippen LogP contribution in [0, 0.1) is 17.7 Å². The molecule has 198 valence electrons. The molecule has 8 nitrogen and oxygen atoms in total. The number of amides is 1. The molecule has 0 radical (unpaired) electrons. The minimum Gasteiger partial charge on any atom is -0.391 e. The van der Waals surface area contributed by atoms with E-state index in [1.54, 1.807) is 9.80 Å². The van der Waals surface area contributed by atoms with E-state index in [4.69, 9.17) is 5.73 Å². The van der Waals surface area contributed by atoms with Gasteiger partial charge in [0.25, 0.3) is 0 Å². The lowest BCUT2D eigenvalue weighted by molar-refractivity contribution is -0.137. The third-order valence-corrected chi connectivity index (χ3v) is 6.03. The van der Waals surface area contributed by atoms with Crippen LogP contribution in [0.5, 0.6) is 0 Å². The summed E-state index contributed by atoms with van der Waals surface area (Å²) < 4.78 is 54.1. The summed E-state index contributed by atoms with van der Waals surface area (Å²) in [5, 5.41) is 13.4. The minimum absolute atomic E-state index is 0.0204. The molecule has 1 saturated heterocycles. The van der Waals surface area contributed by atoms with Crippen molar-refractivity contribution in [3.63, 3.8) is 0 Å². The Labute approximate surface area is 207 Å². The SMILES string of the molecule is CC(C)CN(Cc1ccc(C(F)(F)F)cc1)c1ncnc(NCC2CCN(CC(N)=O)CC2O)c1F. The highest BCUT2D eigenvalue weighted by atomic mass is 19.4. The Balaban J connectivity index is 1.71. The predicted molar refractivity (Wildman–Crippen MR) is 128 cm³/mol. The van der Waals surface area contributed by atoms with Gasteiger partial charge in [-0.05, 0) is 36.6 Å². The molecule has 36 heavy (non-hydrogen) atoms. The summed E-state index contributed by atoms with van der Waals surface area (Å²) in [6.07, 6.45) is -3.32. The van der Waals surface area contributed by atoms with Crippen LogP contribution in [0.3, 0.4) is 0 Å². The number of alkyl halides is 3. The topological polar surface area (TPSA) is 108 Å². The smallest absolute Gasteiger partial charge is 0.391 e. The molecule has 1 aliphatic heterocycles. The molecule has 2 atom stereocenters. The zero-order valence-electron chi connectivity index (χ0n) is 20.3. The molecule has 0 saturated carbocycles. The number of carbonyl (C=O) groups is 1. The number of hydrogen-bond acceptors (Lipinski definition) is 7. The van der Waals surface area contributed by atoms with Crippen LogP contribution < -0.4 is 16.0 Å². The van der Waals surface area contributed by atoms with Crippen LogP contribution in [0.25, 0.3) is 0 Å². The molecule has 1 amide bonds. The van der Waals surface area contributed by atoms with Crippen molar-refractivity contribution in [1.29, 1.82) is 0 Å². The average Bonchev–Trinajstić information content (AvgIpc) is 2.78. The number of aliphatic hydroxyl groups excluding tert-OH is 1. The summed E-state index contributed by atoms with van der Waals surface area (Å²) in [4.78, 5) is 22.7. The van der Waals surface area contributed by atoms with Gasteiger partial charge in [0.05, 0.1) is 18.2 Å². The van der Waals surface area contributed by atoms with E-state index in [1.807, 2.05) is 13.8 Å². The second kappa shape index (κ2) is 11.8. The molecular weight excluding hydrogens is 480 g/mol. The summed E-state index contributed by atoms with van der Waals surface area (Å²) in [5.74, 6) is -1.16. The van der Waals surface area contributed by atoms with E-state index >= 15 is 4.39 Å². The summed E-state index contributed by atoms with van der Waals surface area (Å²) in [5.41, 5.74) is 5.05. The van der Waals surface area contributed by atoms with Gasteiger partial charge in [0, 0.05) is 32.1 Å². The highest BCUT2D eigenvalue weighted by molar-refractivity contribution is 5.75. The quantitative estimate of drug-likeness (QED) is 0.420. The molecule has 4 N–H and O–H groups in total. The third-order valence-electron chi connectivity index (χ3n) is 6.03. The maximum atomic E-state index is 15.5. The fourth-order valence-electron chi connectivity index (χ4n) is 4.27. The number of primary amides is 1. The summed E-state index contributed by atoms with van der Waals surface area (Å²) in [7, 11) is 0. The Morgan fingerprint density at radius 2 is 1.97 bits per heavy atom. The van der Waals surface area contributed by atoms with Crippen LogP contribution in [0.2, 0.25) is 0 Å². The van der Waals surface area contributed by atoms with Gasteiger partial charge in [0.2, 0.25) is 11.7 Å². The number of aromatic nitrogens is 2. The first-order valence-corrected chi connectivity index (χ1v) is 11.8. The first kappa shape index (κ1) is 27.6. The standard InChI is InChI=1S/C24H32F4N6O2/c1-15(2)10-34(11-16-3-5-18(6-4-16)24(26,27)28)23-21(25)22(31-14-32-23)30-9-17-7-8-33(12-19(17)35)13-20(29)36/h3-6,14-15,17,19,35H,7-13H2,1-2H3,(H2,29,36)(H,30,31,32). The lowest BCUT2D eigenvalue weighted by Crippen LogP contribution is -2.48. The number of halogens is 4. The normalized spacial score (nSPS) is 18.9. The number of β-amino-alcohol motifs (C(OH)–C–C–N with tert-alkyl or cyclic N) is 1. The zero-order chi connectivity index (χ0) is 26.5. The van der Waals surface area contributed by atoms with E-state index in [0.717, 1.165) is 12.1 Å². The molecule has 0 bridgehead atoms. The van der Waals surface area contributed by atoms with Crippen molar-refractivity contribution in [1.82, 2.24) is 14.9 Å². The summed E-state index contributed by atoms with van der Waals surface area (Å²) in [6, 6.07) is 4.76. The lowest BCUT2D eigenvalue weighted by atomic mass is 9.93. The Bertz CT molecular complexity index is 1020. The van der Waals surface area contributed by atoms with Crippen molar-refractivity contribution in [2.75, 3.05) is 42.9 Å². The molecule has 1 aliphatic rings. The second-order valence-corrected chi connectivity index (χ2v) is 9.53. The number of benzene rings is 1. The molecule has 2 heterocycles. The van der Waals surface area contributed by atoms with Crippen molar-refractivity contribution in [3.8, 4) is 0 Å². The third kappa shape index (κ3) is 7.50. The average molecular weight is 513 g/mol. The van der Waals surface area contributed by atoms with E-state index < -0.39 is 29.6 Å². The van der Waals surface area contributed by atoms with Crippen molar-refractivity contribution in [2.45, 2.75) is 39.1 Å². The molecule has 1 fully saturated rings. The highest BCUT2D eigenvalue weighted by Crippen LogP contribution is 2.30.